The molecule has 0 aliphatic heterocycles. The van der Waals surface area contributed by atoms with Crippen molar-refractivity contribution in [2.45, 2.75) is 32.0 Å². The van der Waals surface area contributed by atoms with E-state index in [1.165, 1.54) is 11.8 Å². The van der Waals surface area contributed by atoms with Crippen molar-refractivity contribution in [1.82, 2.24) is 20.1 Å². The third-order valence-corrected chi connectivity index (χ3v) is 4.21. The number of para-hydroxylation sites is 1. The number of rotatable bonds is 6. The summed E-state index contributed by atoms with van der Waals surface area (Å²) in [5, 5.41) is 11.7. The molecule has 1 atom stereocenters. The van der Waals surface area contributed by atoms with Gasteiger partial charge in [0.25, 0.3) is 0 Å². The molecule has 0 saturated carbocycles. The minimum atomic E-state index is 0.0174. The van der Waals surface area contributed by atoms with Crippen molar-refractivity contribution < 1.29 is 4.79 Å². The molecular formula is C15H20N4OS. The first kappa shape index (κ1) is 15.6. The molecule has 112 valence electrons. The highest BCUT2D eigenvalue weighted by molar-refractivity contribution is 7.99. The SMILES string of the molecule is CC(C)[C@@H](C)NC(=O)CSc1nncn1-c1ccccc1. The zero-order valence-electron chi connectivity index (χ0n) is 12.5. The molecule has 6 heteroatoms. The fraction of sp³-hybridized carbons (Fsp3) is 0.400. The average molecular weight is 304 g/mol. The van der Waals surface area contributed by atoms with Gasteiger partial charge in [-0.05, 0) is 25.0 Å². The van der Waals surface area contributed by atoms with Crippen LogP contribution in [-0.4, -0.2) is 32.5 Å². The molecule has 1 N–H and O–H groups in total. The third kappa shape index (κ3) is 4.32. The molecule has 0 aliphatic carbocycles. The minimum Gasteiger partial charge on any atom is -0.353 e. The minimum absolute atomic E-state index is 0.0174. The molecular weight excluding hydrogens is 284 g/mol. The summed E-state index contributed by atoms with van der Waals surface area (Å²) in [7, 11) is 0. The summed E-state index contributed by atoms with van der Waals surface area (Å²) < 4.78 is 1.88. The third-order valence-electron chi connectivity index (χ3n) is 3.27. The number of hydrogen-bond acceptors (Lipinski definition) is 4. The van der Waals surface area contributed by atoms with Crippen LogP contribution in [0.3, 0.4) is 0 Å². The molecule has 21 heavy (non-hydrogen) atoms. The lowest BCUT2D eigenvalue weighted by Crippen LogP contribution is -2.37. The zero-order chi connectivity index (χ0) is 15.2. The van der Waals surface area contributed by atoms with Gasteiger partial charge in [0.05, 0.1) is 5.75 Å². The highest BCUT2D eigenvalue weighted by Crippen LogP contribution is 2.19. The Morgan fingerprint density at radius 3 is 2.67 bits per heavy atom. The van der Waals surface area contributed by atoms with Crippen molar-refractivity contribution >= 4 is 17.7 Å². The molecule has 0 fully saturated rings. The van der Waals surface area contributed by atoms with Gasteiger partial charge in [0, 0.05) is 11.7 Å². The first-order valence-electron chi connectivity index (χ1n) is 6.95. The first-order chi connectivity index (χ1) is 10.1. The number of nitrogens with one attached hydrogen (secondary N) is 1. The summed E-state index contributed by atoms with van der Waals surface area (Å²) in [6, 6.07) is 10.0. The van der Waals surface area contributed by atoms with Crippen LogP contribution in [0.1, 0.15) is 20.8 Å². The van der Waals surface area contributed by atoms with Gasteiger partial charge in [-0.15, -0.1) is 10.2 Å². The van der Waals surface area contributed by atoms with Crippen LogP contribution in [0.25, 0.3) is 5.69 Å². The Hall–Kier alpha value is -1.82. The average Bonchev–Trinajstić information content (AvgIpc) is 2.94. The van der Waals surface area contributed by atoms with E-state index in [-0.39, 0.29) is 11.9 Å². The molecule has 0 saturated heterocycles. The van der Waals surface area contributed by atoms with Crippen molar-refractivity contribution in [2.75, 3.05) is 5.75 Å². The fourth-order valence-electron chi connectivity index (χ4n) is 1.68. The number of carbonyl (C=O) groups is 1. The summed E-state index contributed by atoms with van der Waals surface area (Å²) in [5.74, 6) is 0.776. The van der Waals surface area contributed by atoms with Gasteiger partial charge >= 0.3 is 0 Å². The summed E-state index contributed by atoms with van der Waals surface area (Å²) in [6.45, 7) is 6.19. The van der Waals surface area contributed by atoms with Crippen LogP contribution in [0.5, 0.6) is 0 Å². The first-order valence-corrected chi connectivity index (χ1v) is 7.94. The second-order valence-electron chi connectivity index (χ2n) is 5.21. The molecule has 0 radical (unpaired) electrons. The van der Waals surface area contributed by atoms with Crippen LogP contribution >= 0.6 is 11.8 Å². The predicted molar refractivity (Wildman–Crippen MR) is 84.5 cm³/mol. The van der Waals surface area contributed by atoms with Crippen molar-refractivity contribution in [3.8, 4) is 5.69 Å². The Balaban J connectivity index is 1.96. The van der Waals surface area contributed by atoms with Crippen molar-refractivity contribution in [3.05, 3.63) is 36.7 Å². The molecule has 0 spiro atoms. The summed E-state index contributed by atoms with van der Waals surface area (Å²) in [4.78, 5) is 11.9. The molecule has 5 nitrogen and oxygen atoms in total. The topological polar surface area (TPSA) is 59.8 Å². The second kappa shape index (κ2) is 7.26. The Kier molecular flexibility index (Phi) is 5.38. The van der Waals surface area contributed by atoms with Gasteiger partial charge in [-0.25, -0.2) is 0 Å². The lowest BCUT2D eigenvalue weighted by Gasteiger charge is -2.17. The van der Waals surface area contributed by atoms with Gasteiger partial charge in [0.15, 0.2) is 5.16 Å². The van der Waals surface area contributed by atoms with E-state index >= 15 is 0 Å². The lowest BCUT2D eigenvalue weighted by molar-refractivity contribution is -0.119. The Morgan fingerprint density at radius 2 is 2.00 bits per heavy atom. The number of amides is 1. The van der Waals surface area contributed by atoms with Crippen molar-refractivity contribution in [1.29, 1.82) is 0 Å². The van der Waals surface area contributed by atoms with E-state index in [2.05, 4.69) is 29.4 Å². The number of aromatic nitrogens is 3. The van der Waals surface area contributed by atoms with E-state index in [0.29, 0.717) is 16.8 Å². The molecule has 0 aliphatic rings. The molecule has 1 aromatic heterocycles. The highest BCUT2D eigenvalue weighted by atomic mass is 32.2. The summed E-state index contributed by atoms with van der Waals surface area (Å²) in [6.07, 6.45) is 1.66. The molecule has 1 amide bonds. The summed E-state index contributed by atoms with van der Waals surface area (Å²) in [5.41, 5.74) is 0.987. The van der Waals surface area contributed by atoms with E-state index < -0.39 is 0 Å². The molecule has 0 bridgehead atoms. The lowest BCUT2D eigenvalue weighted by atomic mass is 10.1. The smallest absolute Gasteiger partial charge is 0.230 e. The van der Waals surface area contributed by atoms with Gasteiger partial charge < -0.3 is 5.32 Å². The number of hydrogen-bond donors (Lipinski definition) is 1. The van der Waals surface area contributed by atoms with Crippen LogP contribution < -0.4 is 5.32 Å². The summed E-state index contributed by atoms with van der Waals surface area (Å²) >= 11 is 1.39. The number of benzene rings is 1. The molecule has 2 aromatic rings. The van der Waals surface area contributed by atoms with Crippen LogP contribution in [-0.2, 0) is 4.79 Å². The van der Waals surface area contributed by atoms with E-state index in [0.717, 1.165) is 5.69 Å². The number of nitrogens with zero attached hydrogens (tertiary/aromatic N) is 3. The van der Waals surface area contributed by atoms with Gasteiger partial charge in [0.2, 0.25) is 5.91 Å². The molecule has 1 heterocycles. The monoisotopic (exact) mass is 304 g/mol. The van der Waals surface area contributed by atoms with E-state index in [9.17, 15) is 4.79 Å². The number of thioether (sulfide) groups is 1. The van der Waals surface area contributed by atoms with Gasteiger partial charge in [-0.2, -0.15) is 0 Å². The van der Waals surface area contributed by atoms with Crippen LogP contribution in [0.15, 0.2) is 41.8 Å². The maximum Gasteiger partial charge on any atom is 0.230 e. The standard InChI is InChI=1S/C15H20N4OS/c1-11(2)12(3)17-14(20)9-21-15-18-16-10-19(15)13-7-5-4-6-8-13/h4-8,10-12H,9H2,1-3H3,(H,17,20)/t12-/m1/s1. The Morgan fingerprint density at radius 1 is 1.29 bits per heavy atom. The second-order valence-corrected chi connectivity index (χ2v) is 6.15. The quantitative estimate of drug-likeness (QED) is 0.833. The molecule has 0 unspecified atom stereocenters. The van der Waals surface area contributed by atoms with Gasteiger partial charge in [-0.1, -0.05) is 43.8 Å². The molecule has 1 aromatic carbocycles. The van der Waals surface area contributed by atoms with Crippen LogP contribution in [0.4, 0.5) is 0 Å². The normalized spacial score (nSPS) is 12.4. The van der Waals surface area contributed by atoms with Gasteiger partial charge in [0.1, 0.15) is 6.33 Å². The van der Waals surface area contributed by atoms with E-state index in [4.69, 9.17) is 0 Å². The fourth-order valence-corrected chi connectivity index (χ4v) is 2.42. The van der Waals surface area contributed by atoms with Crippen LogP contribution in [0, 0.1) is 5.92 Å². The van der Waals surface area contributed by atoms with E-state index in [1.54, 1.807) is 6.33 Å². The van der Waals surface area contributed by atoms with Crippen molar-refractivity contribution in [2.24, 2.45) is 5.92 Å². The van der Waals surface area contributed by atoms with Crippen LogP contribution in [0.2, 0.25) is 0 Å². The maximum atomic E-state index is 11.9. The molecule has 2 rings (SSSR count). The maximum absolute atomic E-state index is 11.9. The Labute approximate surface area is 129 Å². The Bertz CT molecular complexity index is 582. The highest BCUT2D eigenvalue weighted by Gasteiger charge is 2.13. The van der Waals surface area contributed by atoms with Gasteiger partial charge in [-0.3, -0.25) is 9.36 Å². The largest absolute Gasteiger partial charge is 0.353 e. The van der Waals surface area contributed by atoms with Crippen molar-refractivity contribution in [3.63, 3.8) is 0 Å². The predicted octanol–water partition coefficient (Wildman–Crippen LogP) is 2.52. The van der Waals surface area contributed by atoms with E-state index in [1.807, 2.05) is 41.8 Å². The number of carbonyl (C=O) groups excluding carboxylic acids is 1. The zero-order valence-corrected chi connectivity index (χ0v) is 13.3.